The molecule has 0 spiro atoms. The van der Waals surface area contributed by atoms with Crippen LogP contribution in [0.25, 0.3) is 0 Å². The molecule has 0 aliphatic rings. The van der Waals surface area contributed by atoms with Crippen LogP contribution in [0.3, 0.4) is 0 Å². The molecule has 22 heavy (non-hydrogen) atoms. The molecule has 0 aromatic rings. The van der Waals surface area contributed by atoms with Crippen LogP contribution in [0.4, 0.5) is 0 Å². The van der Waals surface area contributed by atoms with Gasteiger partial charge in [-0.25, -0.2) is 0 Å². The fourth-order valence-corrected chi connectivity index (χ4v) is 10.3. The Hall–Kier alpha value is 0.910. The van der Waals surface area contributed by atoms with Crippen LogP contribution in [0, 0.1) is 5.92 Å². The maximum absolute atomic E-state index is 2.44. The second-order valence-corrected chi connectivity index (χ2v) is 12.3. The van der Waals surface area contributed by atoms with E-state index in [1.54, 1.807) is 24.6 Å². The van der Waals surface area contributed by atoms with Gasteiger partial charge in [-0.3, -0.25) is 0 Å². The first-order valence-electron chi connectivity index (χ1n) is 10.2. The van der Waals surface area contributed by atoms with Crippen molar-refractivity contribution in [3.63, 3.8) is 0 Å². The summed E-state index contributed by atoms with van der Waals surface area (Å²) in [7, 11) is -0.992. The third-order valence-electron chi connectivity index (χ3n) is 5.45. The maximum atomic E-state index is 2.44. The minimum absolute atomic E-state index is 0. The van der Waals surface area contributed by atoms with Crippen molar-refractivity contribution in [2.75, 3.05) is 24.6 Å². The third-order valence-corrected chi connectivity index (χ3v) is 11.1. The Bertz CT molecular complexity index is 196. The van der Waals surface area contributed by atoms with E-state index in [0.29, 0.717) is 0 Å². The molecule has 2 heteroatoms. The van der Waals surface area contributed by atoms with Crippen LogP contribution in [-0.2, 0) is 0 Å². The summed E-state index contributed by atoms with van der Waals surface area (Å²) >= 11 is 0. The first-order valence-corrected chi connectivity index (χ1v) is 13.0. The Balaban J connectivity index is 0. The third kappa shape index (κ3) is 11.4. The van der Waals surface area contributed by atoms with Crippen molar-refractivity contribution >= 4 is 24.2 Å². The van der Waals surface area contributed by atoms with Gasteiger partial charge in [0.25, 0.3) is 0 Å². The van der Waals surface area contributed by atoms with Crippen LogP contribution in [-0.4, -0.2) is 24.6 Å². The van der Waals surface area contributed by atoms with Crippen LogP contribution in [0.2, 0.25) is 0 Å². The molecule has 138 valence electrons. The molecular weight excluding hydrogens is 351 g/mol. The number of hydrogen-bond acceptors (Lipinski definition) is 0. The van der Waals surface area contributed by atoms with E-state index < -0.39 is 7.26 Å². The average molecular weight is 397 g/mol. The molecule has 0 bridgehead atoms. The standard InChI is InChI=1S/C20H45P.BrH/c1-6-11-15-20(10-5)19-21(16-12-7-2,17-13-8-3)18-14-9-4;/h20-21H,6-19H2,1-5H3;1H. The zero-order valence-corrected chi connectivity index (χ0v) is 19.1. The summed E-state index contributed by atoms with van der Waals surface area (Å²) in [6, 6.07) is 0. The molecule has 1 unspecified atom stereocenters. The number of unbranched alkanes of at least 4 members (excludes halogenated alkanes) is 4. The van der Waals surface area contributed by atoms with Crippen LogP contribution >= 0.6 is 24.2 Å². The number of hydrogen-bond donors (Lipinski definition) is 0. The Morgan fingerprint density at radius 2 is 1.05 bits per heavy atom. The predicted octanol–water partition coefficient (Wildman–Crippen LogP) is 7.93. The van der Waals surface area contributed by atoms with Crippen molar-refractivity contribution in [3.8, 4) is 0 Å². The van der Waals surface area contributed by atoms with Crippen molar-refractivity contribution in [2.45, 2.75) is 98.8 Å². The van der Waals surface area contributed by atoms with Gasteiger partial charge in [-0.1, -0.05) is 0 Å². The van der Waals surface area contributed by atoms with E-state index in [1.807, 2.05) is 0 Å². The Morgan fingerprint density at radius 1 is 0.636 bits per heavy atom. The first kappa shape index (κ1) is 25.2. The molecule has 0 heterocycles. The summed E-state index contributed by atoms with van der Waals surface area (Å²) in [5.41, 5.74) is 0. The van der Waals surface area contributed by atoms with Crippen molar-refractivity contribution in [1.82, 2.24) is 0 Å². The fraction of sp³-hybridized carbons (Fsp3) is 1.00. The fourth-order valence-electron chi connectivity index (χ4n) is 3.89. The van der Waals surface area contributed by atoms with Gasteiger partial charge in [-0.05, 0) is 0 Å². The molecule has 0 nitrogen and oxygen atoms in total. The summed E-state index contributed by atoms with van der Waals surface area (Å²) in [5.74, 6) is 1.04. The molecule has 0 aliphatic carbocycles. The van der Waals surface area contributed by atoms with E-state index in [1.165, 1.54) is 64.2 Å². The van der Waals surface area contributed by atoms with Crippen LogP contribution in [0.15, 0.2) is 0 Å². The van der Waals surface area contributed by atoms with E-state index >= 15 is 0 Å². The summed E-state index contributed by atoms with van der Waals surface area (Å²) in [6.07, 6.45) is 21.0. The summed E-state index contributed by atoms with van der Waals surface area (Å²) < 4.78 is 0. The molecule has 0 rings (SSSR count). The summed E-state index contributed by atoms with van der Waals surface area (Å²) in [5, 5.41) is 0. The molecular formula is C20H46BrP. The van der Waals surface area contributed by atoms with Gasteiger partial charge in [0, 0.05) is 0 Å². The molecule has 0 amide bonds. The second-order valence-electron chi connectivity index (χ2n) is 7.43. The van der Waals surface area contributed by atoms with Gasteiger partial charge in [-0.15, -0.1) is 17.0 Å². The summed E-state index contributed by atoms with van der Waals surface area (Å²) in [6.45, 7) is 11.9. The zero-order valence-electron chi connectivity index (χ0n) is 16.4. The SMILES string of the molecule is Br.CCCCC(CC)C[PH](CCCC)(CCCC)CCCC. The van der Waals surface area contributed by atoms with Crippen molar-refractivity contribution in [1.29, 1.82) is 0 Å². The normalized spacial score (nSPS) is 13.7. The van der Waals surface area contributed by atoms with E-state index in [9.17, 15) is 0 Å². The number of rotatable bonds is 15. The van der Waals surface area contributed by atoms with E-state index in [4.69, 9.17) is 0 Å². The minimum atomic E-state index is -0.992. The van der Waals surface area contributed by atoms with Crippen LogP contribution < -0.4 is 0 Å². The second kappa shape index (κ2) is 16.8. The molecule has 0 aliphatic heterocycles. The number of halogens is 1. The molecule has 0 aromatic heterocycles. The van der Waals surface area contributed by atoms with Crippen LogP contribution in [0.1, 0.15) is 98.8 Å². The van der Waals surface area contributed by atoms with Crippen molar-refractivity contribution in [3.05, 3.63) is 0 Å². The Kier molecular flexibility index (Phi) is 19.2. The van der Waals surface area contributed by atoms with Crippen LogP contribution in [0.5, 0.6) is 0 Å². The molecule has 0 saturated heterocycles. The van der Waals surface area contributed by atoms with Gasteiger partial charge < -0.3 is 0 Å². The van der Waals surface area contributed by atoms with E-state index in [0.717, 1.165) is 5.92 Å². The quantitative estimate of drug-likeness (QED) is 0.246. The molecule has 0 saturated carbocycles. The first-order chi connectivity index (χ1) is 10.2. The van der Waals surface area contributed by atoms with Gasteiger partial charge >= 0.3 is 137 Å². The van der Waals surface area contributed by atoms with Crippen molar-refractivity contribution < 1.29 is 0 Å². The van der Waals surface area contributed by atoms with Gasteiger partial charge in [0.15, 0.2) is 0 Å². The molecule has 0 N–H and O–H groups in total. The molecule has 0 radical (unpaired) electrons. The average Bonchev–Trinajstić information content (AvgIpc) is 2.52. The predicted molar refractivity (Wildman–Crippen MR) is 116 cm³/mol. The van der Waals surface area contributed by atoms with Gasteiger partial charge in [-0.2, -0.15) is 0 Å². The van der Waals surface area contributed by atoms with Crippen molar-refractivity contribution in [2.24, 2.45) is 5.92 Å². The molecule has 0 fully saturated rings. The van der Waals surface area contributed by atoms with E-state index in [2.05, 4.69) is 34.6 Å². The van der Waals surface area contributed by atoms with Gasteiger partial charge in [0.2, 0.25) is 0 Å². The summed E-state index contributed by atoms with van der Waals surface area (Å²) in [4.78, 5) is 0. The monoisotopic (exact) mass is 396 g/mol. The zero-order chi connectivity index (χ0) is 16.0. The molecule has 1 atom stereocenters. The molecule has 0 aromatic carbocycles. The van der Waals surface area contributed by atoms with Gasteiger partial charge in [0.1, 0.15) is 0 Å². The Labute approximate surface area is 153 Å². The van der Waals surface area contributed by atoms with E-state index in [-0.39, 0.29) is 17.0 Å². The van der Waals surface area contributed by atoms with Gasteiger partial charge in [0.05, 0.1) is 0 Å². The topological polar surface area (TPSA) is 0 Å². The Morgan fingerprint density at radius 3 is 1.36 bits per heavy atom.